The Kier molecular flexibility index (Phi) is 2.55. The normalized spacial score (nSPS) is 30.6. The van der Waals surface area contributed by atoms with Gasteiger partial charge in [-0.2, -0.15) is 13.2 Å². The SMILES string of the molecule is O[C@@H]1C[C@@H]2CNc3ccc(C(F)(F)F)cc3[C@@H]2C1. The van der Waals surface area contributed by atoms with Gasteiger partial charge >= 0.3 is 6.18 Å². The fraction of sp³-hybridized carbons (Fsp3) is 0.538. The van der Waals surface area contributed by atoms with E-state index in [1.54, 1.807) is 0 Å². The van der Waals surface area contributed by atoms with Crippen LogP contribution in [0.25, 0.3) is 0 Å². The van der Waals surface area contributed by atoms with Crippen LogP contribution in [0.15, 0.2) is 18.2 Å². The summed E-state index contributed by atoms with van der Waals surface area (Å²) in [5, 5.41) is 12.8. The predicted molar refractivity (Wildman–Crippen MR) is 61.4 cm³/mol. The first-order valence-corrected chi connectivity index (χ1v) is 6.08. The number of aliphatic hydroxyl groups is 1. The van der Waals surface area contributed by atoms with Crippen LogP contribution in [-0.2, 0) is 6.18 Å². The highest BCUT2D eigenvalue weighted by Crippen LogP contribution is 2.46. The molecule has 1 fully saturated rings. The lowest BCUT2D eigenvalue weighted by atomic mass is 9.84. The molecule has 1 saturated carbocycles. The summed E-state index contributed by atoms with van der Waals surface area (Å²) >= 11 is 0. The zero-order valence-electron chi connectivity index (χ0n) is 9.67. The van der Waals surface area contributed by atoms with Gasteiger partial charge in [-0.3, -0.25) is 0 Å². The van der Waals surface area contributed by atoms with Crippen LogP contribution in [0, 0.1) is 5.92 Å². The summed E-state index contributed by atoms with van der Waals surface area (Å²) in [6.07, 6.45) is -3.45. The second kappa shape index (κ2) is 3.88. The topological polar surface area (TPSA) is 32.3 Å². The second-order valence-electron chi connectivity index (χ2n) is 5.17. The lowest BCUT2D eigenvalue weighted by molar-refractivity contribution is -0.137. The minimum absolute atomic E-state index is 0.0542. The number of hydrogen-bond acceptors (Lipinski definition) is 2. The van der Waals surface area contributed by atoms with E-state index >= 15 is 0 Å². The number of benzene rings is 1. The molecule has 3 atom stereocenters. The Labute approximate surface area is 103 Å². The Morgan fingerprint density at radius 3 is 2.72 bits per heavy atom. The molecule has 2 N–H and O–H groups in total. The Morgan fingerprint density at radius 2 is 2.00 bits per heavy atom. The van der Waals surface area contributed by atoms with Gasteiger partial charge in [-0.1, -0.05) is 0 Å². The molecule has 1 aromatic rings. The molecule has 1 aliphatic carbocycles. The predicted octanol–water partition coefficient (Wildman–Crippen LogP) is 2.99. The molecule has 0 unspecified atom stereocenters. The van der Waals surface area contributed by atoms with E-state index in [0.29, 0.717) is 18.4 Å². The summed E-state index contributed by atoms with van der Waals surface area (Å²) in [6.45, 7) is 0.736. The maximum atomic E-state index is 12.7. The molecular formula is C13H14F3NO. The number of fused-ring (bicyclic) bond motifs is 3. The van der Waals surface area contributed by atoms with E-state index in [9.17, 15) is 18.3 Å². The molecule has 2 nitrogen and oxygen atoms in total. The largest absolute Gasteiger partial charge is 0.416 e. The molecule has 0 bridgehead atoms. The van der Waals surface area contributed by atoms with Gasteiger partial charge in [0.2, 0.25) is 0 Å². The van der Waals surface area contributed by atoms with Crippen LogP contribution in [-0.4, -0.2) is 17.8 Å². The molecule has 1 aromatic carbocycles. The number of anilines is 1. The Hall–Kier alpha value is -1.23. The number of alkyl halides is 3. The zero-order valence-corrected chi connectivity index (χ0v) is 9.67. The molecule has 3 rings (SSSR count). The molecule has 0 radical (unpaired) electrons. The van der Waals surface area contributed by atoms with E-state index in [2.05, 4.69) is 5.32 Å². The van der Waals surface area contributed by atoms with Crippen LogP contribution >= 0.6 is 0 Å². The van der Waals surface area contributed by atoms with E-state index in [1.165, 1.54) is 12.1 Å². The standard InChI is InChI=1S/C13H14F3NO/c14-13(15,16)8-1-2-12-11(4-8)10-5-9(18)3-7(10)6-17-12/h1-2,4,7,9-10,17-18H,3,5-6H2/t7-,9-,10-/m1/s1. The Morgan fingerprint density at radius 1 is 1.22 bits per heavy atom. The fourth-order valence-electron chi connectivity index (χ4n) is 3.15. The van der Waals surface area contributed by atoms with Gasteiger partial charge in [-0.15, -0.1) is 0 Å². The van der Waals surface area contributed by atoms with Crippen LogP contribution in [0.5, 0.6) is 0 Å². The fourth-order valence-corrected chi connectivity index (χ4v) is 3.15. The van der Waals surface area contributed by atoms with Crippen LogP contribution in [0.4, 0.5) is 18.9 Å². The molecular weight excluding hydrogens is 243 g/mol. The Bertz CT molecular complexity index is 472. The average molecular weight is 257 g/mol. The van der Waals surface area contributed by atoms with Crippen LogP contribution in [0.1, 0.15) is 29.9 Å². The van der Waals surface area contributed by atoms with Crippen molar-refractivity contribution in [3.8, 4) is 0 Å². The van der Waals surface area contributed by atoms with Crippen molar-refractivity contribution < 1.29 is 18.3 Å². The molecule has 0 spiro atoms. The maximum Gasteiger partial charge on any atom is 0.416 e. The van der Waals surface area contributed by atoms with Crippen molar-refractivity contribution in [1.82, 2.24) is 0 Å². The van der Waals surface area contributed by atoms with Gasteiger partial charge in [0.15, 0.2) is 0 Å². The molecule has 0 saturated heterocycles. The first-order valence-electron chi connectivity index (χ1n) is 6.08. The minimum atomic E-state index is -4.31. The number of halogens is 3. The number of aliphatic hydroxyl groups excluding tert-OH is 1. The van der Waals surface area contributed by atoms with E-state index in [4.69, 9.17) is 0 Å². The molecule has 18 heavy (non-hydrogen) atoms. The minimum Gasteiger partial charge on any atom is -0.393 e. The first kappa shape index (κ1) is 11.8. The quantitative estimate of drug-likeness (QED) is 0.749. The van der Waals surface area contributed by atoms with E-state index in [-0.39, 0.29) is 17.9 Å². The van der Waals surface area contributed by atoms with Crippen molar-refractivity contribution >= 4 is 5.69 Å². The summed E-state index contributed by atoms with van der Waals surface area (Å²) in [6, 6.07) is 3.84. The molecule has 2 aliphatic rings. The maximum absolute atomic E-state index is 12.7. The summed E-state index contributed by atoms with van der Waals surface area (Å²) in [5.41, 5.74) is 0.876. The lowest BCUT2D eigenvalue weighted by Crippen LogP contribution is -2.24. The molecule has 98 valence electrons. The highest BCUT2D eigenvalue weighted by molar-refractivity contribution is 5.57. The summed E-state index contributed by atoms with van der Waals surface area (Å²) < 4.78 is 38.1. The van der Waals surface area contributed by atoms with Crippen molar-refractivity contribution in [1.29, 1.82) is 0 Å². The van der Waals surface area contributed by atoms with Gasteiger partial charge < -0.3 is 10.4 Å². The summed E-state index contributed by atoms with van der Waals surface area (Å²) in [7, 11) is 0. The molecule has 1 aliphatic heterocycles. The van der Waals surface area contributed by atoms with Gasteiger partial charge in [0.1, 0.15) is 0 Å². The lowest BCUT2D eigenvalue weighted by Gasteiger charge is -2.30. The van der Waals surface area contributed by atoms with Gasteiger partial charge in [-0.05, 0) is 48.4 Å². The van der Waals surface area contributed by atoms with Crippen LogP contribution in [0.3, 0.4) is 0 Å². The second-order valence-corrected chi connectivity index (χ2v) is 5.17. The van der Waals surface area contributed by atoms with Crippen molar-refractivity contribution in [2.75, 3.05) is 11.9 Å². The third-order valence-corrected chi connectivity index (χ3v) is 4.00. The first-order chi connectivity index (χ1) is 8.45. The Balaban J connectivity index is 2.01. The van der Waals surface area contributed by atoms with Gasteiger partial charge in [0, 0.05) is 12.2 Å². The number of nitrogens with one attached hydrogen (secondary N) is 1. The van der Waals surface area contributed by atoms with Crippen LogP contribution < -0.4 is 5.32 Å². The van der Waals surface area contributed by atoms with Gasteiger partial charge in [0.25, 0.3) is 0 Å². The molecule has 0 aromatic heterocycles. The van der Waals surface area contributed by atoms with E-state index < -0.39 is 11.7 Å². The average Bonchev–Trinajstić information content (AvgIpc) is 2.68. The van der Waals surface area contributed by atoms with Crippen molar-refractivity contribution in [2.24, 2.45) is 5.92 Å². The summed E-state index contributed by atoms with van der Waals surface area (Å²) in [4.78, 5) is 0. The molecule has 1 heterocycles. The summed E-state index contributed by atoms with van der Waals surface area (Å²) in [5.74, 6) is 0.300. The van der Waals surface area contributed by atoms with Gasteiger partial charge in [0.05, 0.1) is 11.7 Å². The van der Waals surface area contributed by atoms with Crippen LogP contribution in [0.2, 0.25) is 0 Å². The highest BCUT2D eigenvalue weighted by atomic mass is 19.4. The molecule has 0 amide bonds. The third-order valence-electron chi connectivity index (χ3n) is 4.00. The van der Waals surface area contributed by atoms with E-state index in [0.717, 1.165) is 18.3 Å². The van der Waals surface area contributed by atoms with Crippen molar-refractivity contribution in [3.05, 3.63) is 29.3 Å². The smallest absolute Gasteiger partial charge is 0.393 e. The van der Waals surface area contributed by atoms with Crippen molar-refractivity contribution in [3.63, 3.8) is 0 Å². The highest BCUT2D eigenvalue weighted by Gasteiger charge is 2.39. The number of rotatable bonds is 0. The third kappa shape index (κ3) is 1.86. The van der Waals surface area contributed by atoms with Gasteiger partial charge in [-0.25, -0.2) is 0 Å². The monoisotopic (exact) mass is 257 g/mol. The van der Waals surface area contributed by atoms with E-state index in [1.807, 2.05) is 0 Å². The number of hydrogen-bond donors (Lipinski definition) is 2. The molecule has 5 heteroatoms. The van der Waals surface area contributed by atoms with Crippen molar-refractivity contribution in [2.45, 2.75) is 31.0 Å². The zero-order chi connectivity index (χ0) is 12.9.